The number of methoxy groups -OCH3 is 1. The predicted molar refractivity (Wildman–Crippen MR) is 76.2 cm³/mol. The smallest absolute Gasteiger partial charge is 0.271 e. The van der Waals surface area contributed by atoms with Crippen LogP contribution in [0.5, 0.6) is 11.5 Å². The van der Waals surface area contributed by atoms with Crippen molar-refractivity contribution in [3.05, 3.63) is 59.7 Å². The fourth-order valence-corrected chi connectivity index (χ4v) is 1.60. The first-order chi connectivity index (χ1) is 9.69. The topological polar surface area (TPSA) is 70.9 Å². The van der Waals surface area contributed by atoms with Gasteiger partial charge in [0.05, 0.1) is 13.3 Å². The Hall–Kier alpha value is -2.82. The molecule has 0 bridgehead atoms. The number of hydrazone groups is 1. The van der Waals surface area contributed by atoms with Gasteiger partial charge in [-0.05, 0) is 35.9 Å². The lowest BCUT2D eigenvalue weighted by atomic mass is 10.2. The number of phenolic OH excluding ortho intramolecular Hbond substituents is 1. The molecule has 20 heavy (non-hydrogen) atoms. The summed E-state index contributed by atoms with van der Waals surface area (Å²) in [7, 11) is 1.54. The van der Waals surface area contributed by atoms with Crippen LogP contribution in [0.2, 0.25) is 0 Å². The van der Waals surface area contributed by atoms with Crippen LogP contribution >= 0.6 is 0 Å². The molecule has 0 fully saturated rings. The second-order valence-electron chi connectivity index (χ2n) is 4.03. The van der Waals surface area contributed by atoms with Crippen molar-refractivity contribution >= 4 is 12.1 Å². The summed E-state index contributed by atoms with van der Waals surface area (Å²) in [4.78, 5) is 11.8. The number of ether oxygens (including phenoxy) is 1. The van der Waals surface area contributed by atoms with Gasteiger partial charge in [0.15, 0.2) is 0 Å². The van der Waals surface area contributed by atoms with Crippen molar-refractivity contribution in [3.8, 4) is 11.5 Å². The van der Waals surface area contributed by atoms with E-state index in [1.165, 1.54) is 13.3 Å². The minimum absolute atomic E-state index is 0.146. The number of nitrogens with zero attached hydrogens (tertiary/aromatic N) is 1. The third-order valence-corrected chi connectivity index (χ3v) is 2.58. The molecule has 0 aromatic heterocycles. The number of phenols is 1. The molecule has 2 aromatic rings. The molecular weight excluding hydrogens is 256 g/mol. The molecule has 0 aliphatic rings. The first kappa shape index (κ1) is 13.6. The second-order valence-corrected chi connectivity index (χ2v) is 4.03. The van der Waals surface area contributed by atoms with E-state index < -0.39 is 0 Å². The number of amides is 1. The van der Waals surface area contributed by atoms with Gasteiger partial charge in [0.25, 0.3) is 5.91 Å². The van der Waals surface area contributed by atoms with Crippen molar-refractivity contribution in [2.24, 2.45) is 5.10 Å². The van der Waals surface area contributed by atoms with Crippen LogP contribution in [0.15, 0.2) is 53.6 Å². The lowest BCUT2D eigenvalue weighted by Crippen LogP contribution is -2.17. The summed E-state index contributed by atoms with van der Waals surface area (Å²) >= 11 is 0. The maximum atomic E-state index is 11.8. The van der Waals surface area contributed by atoms with E-state index in [-0.39, 0.29) is 11.7 Å². The van der Waals surface area contributed by atoms with Crippen molar-refractivity contribution in [1.29, 1.82) is 0 Å². The summed E-state index contributed by atoms with van der Waals surface area (Å²) < 4.78 is 5.05. The lowest BCUT2D eigenvalue weighted by Gasteiger charge is -2.02. The highest BCUT2D eigenvalue weighted by molar-refractivity contribution is 5.95. The highest BCUT2D eigenvalue weighted by atomic mass is 16.5. The van der Waals surface area contributed by atoms with Gasteiger partial charge >= 0.3 is 0 Å². The predicted octanol–water partition coefficient (Wildman–Crippen LogP) is 2.16. The van der Waals surface area contributed by atoms with Crippen LogP contribution in [0.4, 0.5) is 0 Å². The number of nitrogens with one attached hydrogen (secondary N) is 1. The van der Waals surface area contributed by atoms with E-state index in [0.717, 1.165) is 0 Å². The molecule has 0 saturated heterocycles. The molecule has 0 aliphatic heterocycles. The molecular formula is C15H14N2O3. The number of carbonyl (C=O) groups excluding carboxylic acids is 1. The quantitative estimate of drug-likeness (QED) is 0.660. The maximum Gasteiger partial charge on any atom is 0.271 e. The number of hydrogen-bond acceptors (Lipinski definition) is 4. The fourth-order valence-electron chi connectivity index (χ4n) is 1.60. The number of benzene rings is 2. The molecule has 0 saturated carbocycles. The first-order valence-electron chi connectivity index (χ1n) is 5.95. The molecule has 102 valence electrons. The van der Waals surface area contributed by atoms with Gasteiger partial charge in [-0.1, -0.05) is 18.2 Å². The number of aromatic hydroxyl groups is 1. The minimum Gasteiger partial charge on any atom is -0.508 e. The number of rotatable bonds is 4. The van der Waals surface area contributed by atoms with E-state index in [1.54, 1.807) is 48.5 Å². The Balaban J connectivity index is 2.01. The molecule has 0 radical (unpaired) electrons. The minimum atomic E-state index is -0.333. The SMILES string of the molecule is COc1cccc(C(=O)NN=Cc2cccc(O)c2)c1. The van der Waals surface area contributed by atoms with Crippen LogP contribution in [0, 0.1) is 0 Å². The number of carbonyl (C=O) groups is 1. The molecule has 5 heteroatoms. The van der Waals surface area contributed by atoms with Gasteiger partial charge in [-0.3, -0.25) is 4.79 Å². The van der Waals surface area contributed by atoms with Crippen molar-refractivity contribution in [2.75, 3.05) is 7.11 Å². The van der Waals surface area contributed by atoms with Crippen molar-refractivity contribution < 1.29 is 14.6 Å². The average Bonchev–Trinajstić information content (AvgIpc) is 2.47. The Morgan fingerprint density at radius 3 is 2.80 bits per heavy atom. The van der Waals surface area contributed by atoms with E-state index in [1.807, 2.05) is 0 Å². The van der Waals surface area contributed by atoms with Crippen molar-refractivity contribution in [1.82, 2.24) is 5.43 Å². The summed E-state index contributed by atoms with van der Waals surface area (Å²) in [5.74, 6) is 0.419. The molecule has 0 heterocycles. The normalized spacial score (nSPS) is 10.4. The standard InChI is InChI=1S/C15H14N2O3/c1-20-14-7-3-5-12(9-14)15(19)17-16-10-11-4-2-6-13(18)8-11/h2-10,18H,1H3,(H,17,19). The van der Waals surface area contributed by atoms with Crippen LogP contribution < -0.4 is 10.2 Å². The zero-order valence-electron chi connectivity index (χ0n) is 10.9. The van der Waals surface area contributed by atoms with E-state index in [4.69, 9.17) is 4.74 Å². The monoisotopic (exact) mass is 270 g/mol. The van der Waals surface area contributed by atoms with E-state index in [2.05, 4.69) is 10.5 Å². The van der Waals surface area contributed by atoms with Gasteiger partial charge in [0.1, 0.15) is 11.5 Å². The lowest BCUT2D eigenvalue weighted by molar-refractivity contribution is 0.0955. The third kappa shape index (κ3) is 3.58. The van der Waals surface area contributed by atoms with Crippen LogP contribution in [0.1, 0.15) is 15.9 Å². The van der Waals surface area contributed by atoms with E-state index in [9.17, 15) is 9.90 Å². The fraction of sp³-hybridized carbons (Fsp3) is 0.0667. The van der Waals surface area contributed by atoms with Gasteiger partial charge in [0.2, 0.25) is 0 Å². The largest absolute Gasteiger partial charge is 0.508 e. The molecule has 2 rings (SSSR count). The number of hydrogen-bond donors (Lipinski definition) is 2. The molecule has 0 unspecified atom stereocenters. The highest BCUT2D eigenvalue weighted by Crippen LogP contribution is 2.12. The Kier molecular flexibility index (Phi) is 4.34. The summed E-state index contributed by atoms with van der Waals surface area (Å²) in [6, 6.07) is 13.3. The second kappa shape index (κ2) is 6.38. The first-order valence-corrected chi connectivity index (χ1v) is 5.95. The van der Waals surface area contributed by atoms with Crippen LogP contribution in [-0.4, -0.2) is 24.3 Å². The Bertz CT molecular complexity index is 639. The Labute approximate surface area is 116 Å². The zero-order chi connectivity index (χ0) is 14.4. The molecule has 5 nitrogen and oxygen atoms in total. The third-order valence-electron chi connectivity index (χ3n) is 2.58. The van der Waals surface area contributed by atoms with Gasteiger partial charge in [-0.2, -0.15) is 5.10 Å². The summed E-state index contributed by atoms with van der Waals surface area (Å²) in [6.45, 7) is 0. The Morgan fingerprint density at radius 2 is 2.05 bits per heavy atom. The van der Waals surface area contributed by atoms with Gasteiger partial charge < -0.3 is 9.84 Å². The molecule has 2 aromatic carbocycles. The molecule has 0 spiro atoms. The average molecular weight is 270 g/mol. The molecule has 2 N–H and O–H groups in total. The van der Waals surface area contributed by atoms with Crippen LogP contribution in [-0.2, 0) is 0 Å². The summed E-state index contributed by atoms with van der Waals surface area (Å²) in [6.07, 6.45) is 1.46. The van der Waals surface area contributed by atoms with Gasteiger partial charge in [-0.25, -0.2) is 5.43 Å². The van der Waals surface area contributed by atoms with Crippen molar-refractivity contribution in [2.45, 2.75) is 0 Å². The molecule has 1 amide bonds. The van der Waals surface area contributed by atoms with Gasteiger partial charge in [0, 0.05) is 5.56 Å². The maximum absolute atomic E-state index is 11.8. The summed E-state index contributed by atoms with van der Waals surface area (Å²) in [5.41, 5.74) is 3.56. The van der Waals surface area contributed by atoms with E-state index in [0.29, 0.717) is 16.9 Å². The van der Waals surface area contributed by atoms with E-state index >= 15 is 0 Å². The highest BCUT2D eigenvalue weighted by Gasteiger charge is 2.04. The molecule has 0 atom stereocenters. The zero-order valence-corrected chi connectivity index (χ0v) is 10.9. The Morgan fingerprint density at radius 1 is 1.25 bits per heavy atom. The van der Waals surface area contributed by atoms with Crippen LogP contribution in [0.3, 0.4) is 0 Å². The molecule has 0 aliphatic carbocycles. The summed E-state index contributed by atoms with van der Waals surface area (Å²) in [5, 5.41) is 13.1. The van der Waals surface area contributed by atoms with Crippen molar-refractivity contribution in [3.63, 3.8) is 0 Å². The van der Waals surface area contributed by atoms with Crippen LogP contribution in [0.25, 0.3) is 0 Å². The van der Waals surface area contributed by atoms with Gasteiger partial charge in [-0.15, -0.1) is 0 Å².